The van der Waals surface area contributed by atoms with Crippen molar-refractivity contribution in [3.8, 4) is 0 Å². The molecule has 0 radical (unpaired) electrons. The fourth-order valence-corrected chi connectivity index (χ4v) is 2.91. The number of thiophene rings is 1. The summed E-state index contributed by atoms with van der Waals surface area (Å²) in [5, 5.41) is 12.6. The molecule has 0 bridgehead atoms. The lowest BCUT2D eigenvalue weighted by Crippen LogP contribution is -2.34. The predicted octanol–water partition coefficient (Wildman–Crippen LogP) is 2.76. The van der Waals surface area contributed by atoms with E-state index < -0.39 is 24.1 Å². The fourth-order valence-electron chi connectivity index (χ4n) is 2.23. The van der Waals surface area contributed by atoms with Crippen LogP contribution in [0.1, 0.15) is 18.0 Å². The van der Waals surface area contributed by atoms with Gasteiger partial charge in [-0.05, 0) is 35.4 Å². The van der Waals surface area contributed by atoms with Gasteiger partial charge in [0.15, 0.2) is 0 Å². The number of likely N-dealkylation sites (tertiary alicyclic amines) is 1. The Balaban J connectivity index is 2.13. The van der Waals surface area contributed by atoms with Crippen molar-refractivity contribution >= 4 is 17.3 Å². The highest BCUT2D eigenvalue weighted by Gasteiger charge is 2.46. The Kier molecular flexibility index (Phi) is 3.63. The Labute approximate surface area is 106 Å². The van der Waals surface area contributed by atoms with Crippen LogP contribution in [0.5, 0.6) is 0 Å². The summed E-state index contributed by atoms with van der Waals surface area (Å²) in [6, 6.07) is 0.674. The van der Waals surface area contributed by atoms with Crippen LogP contribution in [-0.2, 0) is 4.79 Å². The molecule has 0 aromatic carbocycles. The second kappa shape index (κ2) is 4.89. The van der Waals surface area contributed by atoms with Gasteiger partial charge in [-0.2, -0.15) is 24.5 Å². The van der Waals surface area contributed by atoms with Crippen molar-refractivity contribution in [3.05, 3.63) is 22.4 Å². The number of carboxylic acids is 1. The zero-order valence-corrected chi connectivity index (χ0v) is 10.2. The molecule has 100 valence electrons. The maximum absolute atomic E-state index is 12.6. The molecule has 2 heterocycles. The van der Waals surface area contributed by atoms with Gasteiger partial charge in [0.1, 0.15) is 6.04 Å². The van der Waals surface area contributed by atoms with E-state index in [2.05, 4.69) is 0 Å². The van der Waals surface area contributed by atoms with Crippen LogP contribution in [0.2, 0.25) is 0 Å². The summed E-state index contributed by atoms with van der Waals surface area (Å²) in [7, 11) is 0. The molecule has 1 fully saturated rings. The van der Waals surface area contributed by atoms with E-state index in [4.69, 9.17) is 0 Å². The second-order valence-electron chi connectivity index (χ2n) is 4.32. The van der Waals surface area contributed by atoms with Crippen molar-refractivity contribution in [2.75, 3.05) is 13.1 Å². The molecular formula is C11H12F3NO2S. The molecule has 18 heavy (non-hydrogen) atoms. The number of aliphatic carboxylic acids is 1. The predicted molar refractivity (Wildman–Crippen MR) is 60.4 cm³/mol. The van der Waals surface area contributed by atoms with Gasteiger partial charge in [0.2, 0.25) is 0 Å². The van der Waals surface area contributed by atoms with Gasteiger partial charge in [-0.1, -0.05) is 0 Å². The molecule has 2 unspecified atom stereocenters. The minimum atomic E-state index is -4.24. The third kappa shape index (κ3) is 2.67. The number of halogens is 3. The standard InChI is InChI=1S/C11H12F3NO2S/c12-11(13,14)8-1-3-15(5-8)9(10(16)17)7-2-4-18-6-7/h2,4,6,8-9H,1,3,5H2,(H,16,17). The van der Waals surface area contributed by atoms with E-state index in [0.29, 0.717) is 5.56 Å². The average molecular weight is 279 g/mol. The third-order valence-corrected chi connectivity index (χ3v) is 3.84. The highest BCUT2D eigenvalue weighted by atomic mass is 32.1. The smallest absolute Gasteiger partial charge is 0.393 e. The van der Waals surface area contributed by atoms with Gasteiger partial charge in [0.25, 0.3) is 0 Å². The number of rotatable bonds is 3. The Morgan fingerprint density at radius 1 is 1.56 bits per heavy atom. The third-order valence-electron chi connectivity index (χ3n) is 3.14. The Morgan fingerprint density at radius 3 is 2.72 bits per heavy atom. The topological polar surface area (TPSA) is 40.5 Å². The number of nitrogens with zero attached hydrogens (tertiary/aromatic N) is 1. The van der Waals surface area contributed by atoms with Gasteiger partial charge in [-0.3, -0.25) is 9.69 Å². The first-order valence-corrected chi connectivity index (χ1v) is 6.39. The molecule has 0 saturated carbocycles. The zero-order chi connectivity index (χ0) is 13.3. The van der Waals surface area contributed by atoms with E-state index in [0.717, 1.165) is 0 Å². The molecule has 7 heteroatoms. The van der Waals surface area contributed by atoms with Crippen LogP contribution in [0.25, 0.3) is 0 Å². The van der Waals surface area contributed by atoms with Crippen molar-refractivity contribution in [1.29, 1.82) is 0 Å². The molecule has 0 aliphatic carbocycles. The number of carboxylic acid groups (broad SMARTS) is 1. The first kappa shape index (κ1) is 13.4. The molecule has 1 saturated heterocycles. The van der Waals surface area contributed by atoms with E-state index >= 15 is 0 Å². The zero-order valence-electron chi connectivity index (χ0n) is 9.35. The molecule has 3 nitrogen and oxygen atoms in total. The van der Waals surface area contributed by atoms with E-state index in [9.17, 15) is 23.1 Å². The summed E-state index contributed by atoms with van der Waals surface area (Å²) in [4.78, 5) is 12.6. The lowest BCUT2D eigenvalue weighted by atomic mass is 10.1. The summed E-state index contributed by atoms with van der Waals surface area (Å²) in [6.45, 7) is -0.0761. The van der Waals surface area contributed by atoms with Gasteiger partial charge >= 0.3 is 12.1 Å². The summed E-state index contributed by atoms with van der Waals surface area (Å²) in [5.41, 5.74) is 0.551. The van der Waals surface area contributed by atoms with Crippen LogP contribution in [0.4, 0.5) is 13.2 Å². The summed E-state index contributed by atoms with van der Waals surface area (Å²) in [6.07, 6.45) is -4.27. The number of hydrogen-bond donors (Lipinski definition) is 1. The molecular weight excluding hydrogens is 267 g/mol. The van der Waals surface area contributed by atoms with Crippen molar-refractivity contribution in [2.45, 2.75) is 18.6 Å². The lowest BCUT2D eigenvalue weighted by Gasteiger charge is -2.24. The van der Waals surface area contributed by atoms with Gasteiger partial charge in [0.05, 0.1) is 5.92 Å². The van der Waals surface area contributed by atoms with Crippen LogP contribution in [-0.4, -0.2) is 35.2 Å². The van der Waals surface area contributed by atoms with E-state index in [1.807, 2.05) is 0 Å². The molecule has 2 rings (SSSR count). The van der Waals surface area contributed by atoms with Crippen LogP contribution in [0.15, 0.2) is 16.8 Å². The molecule has 1 aromatic rings. The number of hydrogen-bond acceptors (Lipinski definition) is 3. The highest BCUT2D eigenvalue weighted by Crippen LogP contribution is 2.37. The molecule has 1 aromatic heterocycles. The van der Waals surface area contributed by atoms with Gasteiger partial charge in [-0.15, -0.1) is 0 Å². The van der Waals surface area contributed by atoms with Gasteiger partial charge in [-0.25, -0.2) is 0 Å². The van der Waals surface area contributed by atoms with E-state index in [1.165, 1.54) is 16.2 Å². The van der Waals surface area contributed by atoms with Crippen LogP contribution in [0.3, 0.4) is 0 Å². The lowest BCUT2D eigenvalue weighted by molar-refractivity contribution is -0.172. The fraction of sp³-hybridized carbons (Fsp3) is 0.545. The first-order chi connectivity index (χ1) is 8.39. The second-order valence-corrected chi connectivity index (χ2v) is 5.10. The van der Waals surface area contributed by atoms with Gasteiger partial charge < -0.3 is 5.11 Å². The van der Waals surface area contributed by atoms with Gasteiger partial charge in [0, 0.05) is 6.54 Å². The quantitative estimate of drug-likeness (QED) is 0.925. The molecule has 1 aliphatic rings. The van der Waals surface area contributed by atoms with Crippen LogP contribution in [0, 0.1) is 5.92 Å². The highest BCUT2D eigenvalue weighted by molar-refractivity contribution is 7.08. The Hall–Kier alpha value is -1.08. The first-order valence-electron chi connectivity index (χ1n) is 5.45. The summed E-state index contributed by atoms with van der Waals surface area (Å²) < 4.78 is 37.7. The molecule has 1 aliphatic heterocycles. The van der Waals surface area contributed by atoms with Crippen LogP contribution >= 0.6 is 11.3 Å². The minimum absolute atomic E-state index is 0.0303. The van der Waals surface area contributed by atoms with E-state index in [-0.39, 0.29) is 19.5 Å². The van der Waals surface area contributed by atoms with Crippen molar-refractivity contribution in [1.82, 2.24) is 4.90 Å². The molecule has 0 amide bonds. The minimum Gasteiger partial charge on any atom is -0.480 e. The van der Waals surface area contributed by atoms with Crippen molar-refractivity contribution in [3.63, 3.8) is 0 Å². The Morgan fingerprint density at radius 2 is 2.28 bits per heavy atom. The van der Waals surface area contributed by atoms with E-state index in [1.54, 1.807) is 16.8 Å². The monoisotopic (exact) mass is 279 g/mol. The summed E-state index contributed by atoms with van der Waals surface area (Å²) >= 11 is 1.34. The largest absolute Gasteiger partial charge is 0.480 e. The number of carbonyl (C=O) groups is 1. The normalized spacial score (nSPS) is 23.2. The SMILES string of the molecule is O=C(O)C(c1ccsc1)N1CCC(C(F)(F)F)C1. The molecule has 1 N–H and O–H groups in total. The molecule has 2 atom stereocenters. The molecule has 0 spiro atoms. The van der Waals surface area contributed by atoms with Crippen molar-refractivity contribution in [2.24, 2.45) is 5.92 Å². The average Bonchev–Trinajstić information content (AvgIpc) is 2.86. The number of alkyl halides is 3. The van der Waals surface area contributed by atoms with Crippen molar-refractivity contribution < 1.29 is 23.1 Å². The summed E-state index contributed by atoms with van der Waals surface area (Å²) in [5.74, 6) is -2.52. The van der Waals surface area contributed by atoms with Crippen LogP contribution < -0.4 is 0 Å². The maximum Gasteiger partial charge on any atom is 0.393 e. The maximum atomic E-state index is 12.6. The Bertz CT molecular complexity index is 418.